The fourth-order valence-electron chi connectivity index (χ4n) is 2.46. The van der Waals surface area contributed by atoms with Crippen molar-refractivity contribution in [3.8, 4) is 5.75 Å². The molecule has 0 radical (unpaired) electrons. The minimum absolute atomic E-state index is 0.126. The summed E-state index contributed by atoms with van der Waals surface area (Å²) in [6.07, 6.45) is 2.72. The number of nitrogens with one attached hydrogen (secondary N) is 1. The van der Waals surface area contributed by atoms with Crippen LogP contribution >= 0.6 is 0 Å². The van der Waals surface area contributed by atoms with Crippen LogP contribution in [-0.2, 0) is 6.54 Å². The van der Waals surface area contributed by atoms with Crippen molar-refractivity contribution in [2.45, 2.75) is 25.9 Å². The van der Waals surface area contributed by atoms with Crippen LogP contribution in [0.5, 0.6) is 5.75 Å². The minimum atomic E-state index is 0.126. The Labute approximate surface area is 126 Å². The third-order valence-corrected chi connectivity index (χ3v) is 3.55. The van der Waals surface area contributed by atoms with Crippen molar-refractivity contribution in [1.29, 1.82) is 0 Å². The summed E-state index contributed by atoms with van der Waals surface area (Å²) >= 11 is 0. The van der Waals surface area contributed by atoms with E-state index in [9.17, 15) is 5.11 Å². The molecule has 1 aromatic carbocycles. The van der Waals surface area contributed by atoms with Gasteiger partial charge in [0.15, 0.2) is 0 Å². The first-order valence-electron chi connectivity index (χ1n) is 7.26. The Bertz CT molecular complexity index is 584. The first-order valence-corrected chi connectivity index (χ1v) is 7.26. The van der Waals surface area contributed by atoms with E-state index >= 15 is 0 Å². The number of aromatic hydroxyl groups is 1. The zero-order valence-corrected chi connectivity index (χ0v) is 12.9. The Morgan fingerprint density at radius 3 is 2.62 bits per heavy atom. The van der Waals surface area contributed by atoms with E-state index < -0.39 is 0 Å². The number of nitrogens with zero attached hydrogens (tertiary/aromatic N) is 2. The summed E-state index contributed by atoms with van der Waals surface area (Å²) in [5.74, 6) is 1.31. The fourth-order valence-corrected chi connectivity index (χ4v) is 2.46. The van der Waals surface area contributed by atoms with Crippen molar-refractivity contribution >= 4 is 5.82 Å². The van der Waals surface area contributed by atoms with E-state index in [4.69, 9.17) is 0 Å². The maximum atomic E-state index is 9.99. The Hall–Kier alpha value is -2.07. The topological polar surface area (TPSA) is 48.4 Å². The molecule has 1 aromatic heterocycles. The molecule has 0 aliphatic carbocycles. The van der Waals surface area contributed by atoms with Crippen molar-refractivity contribution in [2.24, 2.45) is 0 Å². The number of anilines is 1. The standard InChI is InChI=1S/C17H23N3O/c1-4-15(14-9-5-6-10-16(14)21)19-12-13-8-7-11-18-17(13)20(2)3/h5-11,15,19,21H,4,12H2,1-3H3/t15-/m0/s1. The molecule has 21 heavy (non-hydrogen) atoms. The molecule has 112 valence electrons. The lowest BCUT2D eigenvalue weighted by atomic mass is 10.0. The first-order chi connectivity index (χ1) is 10.1. The fraction of sp³-hybridized carbons (Fsp3) is 0.353. The molecule has 2 rings (SSSR count). The van der Waals surface area contributed by atoms with Crippen LogP contribution in [-0.4, -0.2) is 24.2 Å². The Kier molecular flexibility index (Phi) is 5.17. The molecule has 0 unspecified atom stereocenters. The molecule has 1 atom stereocenters. The number of para-hydroxylation sites is 1. The molecule has 0 saturated carbocycles. The van der Waals surface area contributed by atoms with Gasteiger partial charge in [-0.05, 0) is 18.6 Å². The highest BCUT2D eigenvalue weighted by molar-refractivity contribution is 5.45. The van der Waals surface area contributed by atoms with Gasteiger partial charge in [-0.25, -0.2) is 4.98 Å². The highest BCUT2D eigenvalue weighted by Gasteiger charge is 2.13. The molecule has 0 fully saturated rings. The van der Waals surface area contributed by atoms with Gasteiger partial charge in [0.1, 0.15) is 11.6 Å². The van der Waals surface area contributed by atoms with Gasteiger partial charge >= 0.3 is 0 Å². The Balaban J connectivity index is 2.13. The number of phenols is 1. The lowest BCUT2D eigenvalue weighted by Gasteiger charge is -2.21. The van der Waals surface area contributed by atoms with Crippen LogP contribution in [0.2, 0.25) is 0 Å². The van der Waals surface area contributed by atoms with Crippen molar-refractivity contribution in [2.75, 3.05) is 19.0 Å². The van der Waals surface area contributed by atoms with E-state index in [0.29, 0.717) is 12.3 Å². The number of aromatic nitrogens is 1. The van der Waals surface area contributed by atoms with Gasteiger partial charge in [0.25, 0.3) is 0 Å². The quantitative estimate of drug-likeness (QED) is 0.856. The maximum absolute atomic E-state index is 9.99. The summed E-state index contributed by atoms with van der Waals surface area (Å²) in [5.41, 5.74) is 2.09. The van der Waals surface area contributed by atoms with Crippen LogP contribution in [0, 0.1) is 0 Å². The van der Waals surface area contributed by atoms with Gasteiger partial charge in [-0.3, -0.25) is 0 Å². The lowest BCUT2D eigenvalue weighted by molar-refractivity contribution is 0.440. The third-order valence-electron chi connectivity index (χ3n) is 3.55. The molecule has 0 amide bonds. The summed E-state index contributed by atoms with van der Waals surface area (Å²) in [7, 11) is 3.98. The molecule has 2 aromatic rings. The molecule has 0 saturated heterocycles. The zero-order chi connectivity index (χ0) is 15.2. The van der Waals surface area contributed by atoms with Crippen LogP contribution in [0.15, 0.2) is 42.6 Å². The summed E-state index contributed by atoms with van der Waals surface area (Å²) in [4.78, 5) is 6.42. The van der Waals surface area contributed by atoms with Gasteiger partial charge in [-0.1, -0.05) is 31.2 Å². The zero-order valence-electron chi connectivity index (χ0n) is 12.9. The predicted molar refractivity (Wildman–Crippen MR) is 86.5 cm³/mol. The van der Waals surface area contributed by atoms with E-state index in [0.717, 1.165) is 23.4 Å². The minimum Gasteiger partial charge on any atom is -0.508 e. The second-order valence-electron chi connectivity index (χ2n) is 5.28. The smallest absolute Gasteiger partial charge is 0.132 e. The molecule has 4 heteroatoms. The Morgan fingerprint density at radius 1 is 1.19 bits per heavy atom. The van der Waals surface area contributed by atoms with Gasteiger partial charge in [0, 0.05) is 44.0 Å². The highest BCUT2D eigenvalue weighted by Crippen LogP contribution is 2.26. The van der Waals surface area contributed by atoms with Crippen molar-refractivity contribution < 1.29 is 5.11 Å². The van der Waals surface area contributed by atoms with Crippen LogP contribution < -0.4 is 10.2 Å². The largest absolute Gasteiger partial charge is 0.508 e. The molecule has 1 heterocycles. The van der Waals surface area contributed by atoms with Crippen LogP contribution in [0.25, 0.3) is 0 Å². The van der Waals surface area contributed by atoms with Crippen LogP contribution in [0.4, 0.5) is 5.82 Å². The predicted octanol–water partition coefficient (Wildman–Crippen LogP) is 3.09. The summed E-state index contributed by atoms with van der Waals surface area (Å²) in [6.45, 7) is 2.83. The summed E-state index contributed by atoms with van der Waals surface area (Å²) < 4.78 is 0. The summed E-state index contributed by atoms with van der Waals surface area (Å²) in [5, 5.41) is 13.5. The molecule has 0 spiro atoms. The molecule has 4 nitrogen and oxygen atoms in total. The second kappa shape index (κ2) is 7.09. The van der Waals surface area contributed by atoms with E-state index in [2.05, 4.69) is 23.3 Å². The monoisotopic (exact) mass is 285 g/mol. The highest BCUT2D eigenvalue weighted by atomic mass is 16.3. The number of pyridine rings is 1. The normalized spacial score (nSPS) is 12.1. The first kappa shape index (κ1) is 15.3. The van der Waals surface area contributed by atoms with E-state index in [-0.39, 0.29) is 6.04 Å². The number of hydrogen-bond acceptors (Lipinski definition) is 4. The van der Waals surface area contributed by atoms with Crippen LogP contribution in [0.3, 0.4) is 0 Å². The van der Waals surface area contributed by atoms with Gasteiger partial charge in [-0.15, -0.1) is 0 Å². The van der Waals surface area contributed by atoms with Crippen molar-refractivity contribution in [3.63, 3.8) is 0 Å². The van der Waals surface area contributed by atoms with Gasteiger partial charge in [-0.2, -0.15) is 0 Å². The number of phenolic OH excluding ortho intramolecular Hbond substituents is 1. The molecule has 2 N–H and O–H groups in total. The molecule has 0 aliphatic rings. The second-order valence-corrected chi connectivity index (χ2v) is 5.28. The Morgan fingerprint density at radius 2 is 1.95 bits per heavy atom. The van der Waals surface area contributed by atoms with E-state index in [1.54, 1.807) is 12.3 Å². The van der Waals surface area contributed by atoms with Crippen LogP contribution in [0.1, 0.15) is 30.5 Å². The number of benzene rings is 1. The maximum Gasteiger partial charge on any atom is 0.132 e. The average Bonchev–Trinajstić information content (AvgIpc) is 2.49. The van der Waals surface area contributed by atoms with Crippen molar-refractivity contribution in [1.82, 2.24) is 10.3 Å². The molecular weight excluding hydrogens is 262 g/mol. The molecular formula is C17H23N3O. The van der Waals surface area contributed by atoms with E-state index in [1.807, 2.05) is 43.3 Å². The van der Waals surface area contributed by atoms with Gasteiger partial charge in [0.2, 0.25) is 0 Å². The van der Waals surface area contributed by atoms with E-state index in [1.165, 1.54) is 0 Å². The van der Waals surface area contributed by atoms with Gasteiger partial charge < -0.3 is 15.3 Å². The number of rotatable bonds is 6. The number of hydrogen-bond donors (Lipinski definition) is 2. The van der Waals surface area contributed by atoms with Crippen molar-refractivity contribution in [3.05, 3.63) is 53.7 Å². The lowest BCUT2D eigenvalue weighted by Crippen LogP contribution is -2.22. The average molecular weight is 285 g/mol. The molecule has 0 bridgehead atoms. The van der Waals surface area contributed by atoms with Gasteiger partial charge in [0.05, 0.1) is 0 Å². The molecule has 0 aliphatic heterocycles. The SMILES string of the molecule is CC[C@H](NCc1cccnc1N(C)C)c1ccccc1O. The third kappa shape index (κ3) is 3.73. The summed E-state index contributed by atoms with van der Waals surface area (Å²) in [6, 6.07) is 11.6.